The molecule has 3 saturated carbocycles. The molecular weight excluding hydrogens is 1940 g/mol. The fourth-order valence-electron chi connectivity index (χ4n) is 23.3. The van der Waals surface area contributed by atoms with Crippen molar-refractivity contribution in [2.75, 3.05) is 43.8 Å². The van der Waals surface area contributed by atoms with Crippen LogP contribution in [-0.4, -0.2) is 71.3 Å². The number of nitrogens with zero attached hydrogens (tertiary/aromatic N) is 6. The maximum Gasteiger partial charge on any atom is 0.0590 e. The van der Waals surface area contributed by atoms with Crippen LogP contribution in [0.15, 0.2) is 534 Å². The van der Waals surface area contributed by atoms with Crippen LogP contribution in [0.4, 0.5) is 11.4 Å². The summed E-state index contributed by atoms with van der Waals surface area (Å²) in [4.78, 5) is 0. The molecule has 0 N–H and O–H groups in total. The molecule has 3 aliphatic carbocycles. The first-order valence-electron chi connectivity index (χ1n) is 52.8. The molecule has 18 aromatic rings. The summed E-state index contributed by atoms with van der Waals surface area (Å²) in [7, 11) is 3.02. The summed E-state index contributed by atoms with van der Waals surface area (Å²) >= 11 is 0. The van der Waals surface area contributed by atoms with E-state index in [4.69, 9.17) is 0 Å². The molecule has 0 aliphatic heterocycles. The summed E-state index contributed by atoms with van der Waals surface area (Å²) in [6, 6.07) is 200. The highest BCUT2D eigenvalue weighted by Gasteiger charge is 2.55. The summed E-state index contributed by atoms with van der Waals surface area (Å²) < 4.78 is 16.8. The van der Waals surface area contributed by atoms with Crippen LogP contribution in [0.3, 0.4) is 0 Å². The largest absolute Gasteiger partial charge is 0.346 e. The molecule has 0 saturated heterocycles. The number of anilines is 2. The summed E-state index contributed by atoms with van der Waals surface area (Å²) in [5.74, 6) is 3.00. The first kappa shape index (κ1) is 105. The van der Waals surface area contributed by atoms with E-state index in [0.29, 0.717) is 47.7 Å². The van der Waals surface area contributed by atoms with Crippen molar-refractivity contribution in [1.29, 1.82) is 0 Å². The summed E-state index contributed by atoms with van der Waals surface area (Å²) in [6.07, 6.45) is 10.4. The third-order valence-electron chi connectivity index (χ3n) is 30.5. The molecule has 18 aromatic carbocycles. The average molecular weight is 2080 g/mol. The Hall–Kier alpha value is -11.2. The molecule has 0 bridgehead atoms. The normalized spacial score (nSPS) is 18.3. The lowest BCUT2D eigenvalue weighted by Crippen LogP contribution is -2.51. The van der Waals surface area contributed by atoms with Gasteiger partial charge in [0.25, 0.3) is 0 Å². The Morgan fingerprint density at radius 2 is 0.432 bits per heavy atom. The van der Waals surface area contributed by atoms with Crippen molar-refractivity contribution in [3.8, 4) is 11.1 Å². The van der Waals surface area contributed by atoms with Crippen LogP contribution in [0.5, 0.6) is 0 Å². The summed E-state index contributed by atoms with van der Waals surface area (Å²) in [5.41, 5.74) is 5.05. The Morgan fingerprint density at radius 1 is 0.216 bits per heavy atom. The molecule has 3 fully saturated rings. The van der Waals surface area contributed by atoms with Crippen LogP contribution in [0.1, 0.15) is 79.1 Å². The van der Waals surface area contributed by atoms with Gasteiger partial charge in [0, 0.05) is 121 Å². The molecule has 21 rings (SSSR count). The lowest BCUT2D eigenvalue weighted by molar-refractivity contribution is 0.0856. The van der Waals surface area contributed by atoms with Gasteiger partial charge in [-0.3, -0.25) is 14.0 Å². The van der Waals surface area contributed by atoms with Gasteiger partial charge in [-0.2, -0.15) is 0 Å². The minimum Gasteiger partial charge on any atom is -0.346 e. The fourth-order valence-corrected chi connectivity index (χ4v) is 45.7. The summed E-state index contributed by atoms with van der Waals surface area (Å²) in [6.45, 7) is 11.2. The van der Waals surface area contributed by atoms with E-state index in [0.717, 1.165) is 6.54 Å². The lowest BCUT2D eigenvalue weighted by atomic mass is 9.69. The minimum atomic E-state index is -1.04. The van der Waals surface area contributed by atoms with Gasteiger partial charge < -0.3 is 9.11 Å². The van der Waals surface area contributed by atoms with Gasteiger partial charge in [0.1, 0.15) is 0 Å². The molecule has 3 aliphatic rings. The molecule has 9 atom stereocenters. The second-order valence-electron chi connectivity index (χ2n) is 39.5. The molecule has 6 nitrogen and oxygen atoms in total. The van der Waals surface area contributed by atoms with Crippen LogP contribution in [-0.2, 0) is 0 Å². The zero-order chi connectivity index (χ0) is 101. The third-order valence-corrected chi connectivity index (χ3v) is 51.4. The molecule has 0 aromatic heterocycles. The van der Waals surface area contributed by atoms with Gasteiger partial charge >= 0.3 is 0 Å². The van der Waals surface area contributed by atoms with Gasteiger partial charge in [-0.15, -0.1) is 0 Å². The topological polar surface area (TPSA) is 19.4 Å². The monoisotopic (exact) mass is 2080 g/mol. The van der Waals surface area contributed by atoms with Crippen molar-refractivity contribution >= 4 is 161 Å². The zero-order valence-corrected chi connectivity index (χ0v) is 93.7. The average Bonchev–Trinajstić information content (AvgIpc) is 0.903. The Morgan fingerprint density at radius 3 is 0.730 bits per heavy atom. The van der Waals surface area contributed by atoms with Gasteiger partial charge in [0.15, 0.2) is 0 Å². The van der Waals surface area contributed by atoms with Crippen LogP contribution < -0.4 is 94.0 Å². The van der Waals surface area contributed by atoms with Crippen molar-refractivity contribution in [2.45, 2.75) is 97.2 Å². The molecular formula is C134H138N6P8. The van der Waals surface area contributed by atoms with Crippen molar-refractivity contribution < 1.29 is 0 Å². The van der Waals surface area contributed by atoms with Gasteiger partial charge in [-0.1, -0.05) is 575 Å². The maximum atomic E-state index is 3.15. The first-order valence-corrected chi connectivity index (χ1v) is 63.1. The second-order valence-corrected chi connectivity index (χ2v) is 57.5. The standard InChI is InChI=1S/C49H53N2P3.C49H41N2P3.C36H44N2P2/c2*1-50(52(40-24-8-2-9-25-40)41-26-10-3-11-27-41)48-38-22-20-36-46(48)47-37-21-23-39-49(47)51(53(42-28-12-4-13-29-42)43-30-14-5-15-31-43)54(44-32-16-6-17-33-44)45-34-18-7-19-35-45;1-28-29(2)36(4,27-37(5)39(31-19-11-7-12-20-31)32-21-13-8-14-22-32)30(3)35(28)38(6)40(33-23-15-9-16-24-33)34-25-17-10-18-26-34/h2-19,24-35,46-49H,20-23,36-39H2,1H3;2-39H,1H3;7-26,28-30,35H,27H2,1-6H3. The second kappa shape index (κ2) is 52.0. The first-order chi connectivity index (χ1) is 72.9. The van der Waals surface area contributed by atoms with E-state index < -0.39 is 64.6 Å². The smallest absolute Gasteiger partial charge is 0.0590 e. The number of hydrogen-bond donors (Lipinski definition) is 0. The highest BCUT2D eigenvalue weighted by molar-refractivity contribution is 7.91. The van der Waals surface area contributed by atoms with Crippen molar-refractivity contribution in [1.82, 2.24) is 18.5 Å². The zero-order valence-electron chi connectivity index (χ0n) is 86.6. The minimum absolute atomic E-state index is 0.186. The van der Waals surface area contributed by atoms with Gasteiger partial charge in [0.2, 0.25) is 0 Å². The van der Waals surface area contributed by atoms with E-state index in [-0.39, 0.29) is 5.41 Å². The molecule has 744 valence electrons. The molecule has 0 amide bonds. The van der Waals surface area contributed by atoms with Gasteiger partial charge in [-0.25, -0.2) is 4.44 Å². The number of hydrogen-bond acceptors (Lipinski definition) is 6. The molecule has 148 heavy (non-hydrogen) atoms. The van der Waals surface area contributed by atoms with E-state index in [9.17, 15) is 0 Å². The predicted molar refractivity (Wildman–Crippen MR) is 656 cm³/mol. The Bertz CT molecular complexity index is 6520. The maximum absolute atomic E-state index is 3.15. The van der Waals surface area contributed by atoms with Gasteiger partial charge in [0.05, 0.1) is 29.9 Å². The van der Waals surface area contributed by atoms with Crippen molar-refractivity contribution in [3.05, 3.63) is 534 Å². The van der Waals surface area contributed by atoms with Crippen LogP contribution in [0, 0.1) is 35.0 Å². The fraction of sp³-hybridized carbons (Fsp3) is 0.194. The molecule has 14 heteroatoms. The highest BCUT2D eigenvalue weighted by Crippen LogP contribution is 2.64. The van der Waals surface area contributed by atoms with Crippen LogP contribution in [0.2, 0.25) is 0 Å². The van der Waals surface area contributed by atoms with E-state index in [1.165, 1.54) is 159 Å². The number of para-hydroxylation sites is 2. The molecule has 0 spiro atoms. The van der Waals surface area contributed by atoms with E-state index >= 15 is 0 Å². The predicted octanol–water partition coefficient (Wildman–Crippen LogP) is 28.5. The highest BCUT2D eigenvalue weighted by atomic mass is 31.2. The van der Waals surface area contributed by atoms with Crippen LogP contribution >= 0.6 is 64.6 Å². The SMILES string of the molecule is CC1C(N(C)P(c2ccccc2)c2ccccc2)C(C)C(C)(CN(C)P(c2ccccc2)c2ccccc2)C1C.CN(C1CCCCC1C1CCCCC1N(P(c1ccccc1)c1ccccc1)P(c1ccccc1)c1ccccc1)P(c1ccccc1)c1ccccc1.CN(c1ccccc1-c1ccccc1N(P(c1ccccc1)c1ccccc1)P(c1ccccc1)c1ccccc1)P(c1ccccc1)c1ccccc1. The molecule has 0 radical (unpaired) electrons. The van der Waals surface area contributed by atoms with Gasteiger partial charge in [-0.05, 0) is 147 Å². The Kier molecular flexibility index (Phi) is 37.0. The Balaban J connectivity index is 0.000000142. The summed E-state index contributed by atoms with van der Waals surface area (Å²) in [5, 5.41) is 22.3. The van der Waals surface area contributed by atoms with E-state index in [1.807, 2.05) is 0 Å². The number of rotatable bonds is 33. The van der Waals surface area contributed by atoms with E-state index in [2.05, 4.69) is 617 Å². The lowest BCUT2D eigenvalue weighted by Gasteiger charge is -2.53. The van der Waals surface area contributed by atoms with Crippen molar-refractivity contribution in [2.24, 2.45) is 35.0 Å². The molecule has 9 unspecified atom stereocenters. The Labute approximate surface area is 893 Å². The van der Waals surface area contributed by atoms with Crippen molar-refractivity contribution in [3.63, 3.8) is 0 Å². The number of benzene rings is 18. The van der Waals surface area contributed by atoms with E-state index in [1.54, 1.807) is 0 Å². The quantitative estimate of drug-likeness (QED) is 0.0379. The van der Waals surface area contributed by atoms with Crippen LogP contribution in [0.25, 0.3) is 11.1 Å². The third kappa shape index (κ3) is 24.5. The molecule has 0 heterocycles.